The van der Waals surface area contributed by atoms with Crippen LogP contribution in [-0.4, -0.2) is 27.2 Å². The first-order valence-corrected chi connectivity index (χ1v) is 11.2. The molecule has 9 nitrogen and oxygen atoms in total. The van der Waals surface area contributed by atoms with Crippen molar-refractivity contribution in [1.29, 1.82) is 0 Å². The molecule has 3 aromatic rings. The maximum absolute atomic E-state index is 13.4. The molecule has 32 heavy (non-hydrogen) atoms. The number of non-ortho nitro benzene ring substituents is 1. The number of fused-ring (bicyclic) bond motifs is 1. The molecule has 0 bridgehead atoms. The molecule has 164 valence electrons. The number of aromatic hydroxyl groups is 1. The quantitative estimate of drug-likeness (QED) is 0.346. The van der Waals surface area contributed by atoms with Gasteiger partial charge in [0, 0.05) is 22.6 Å². The molecule has 0 radical (unpaired) electrons. The Balaban J connectivity index is 1.95. The molecular formula is C21H17N3O6S2. The fourth-order valence-electron chi connectivity index (χ4n) is 3.42. The van der Waals surface area contributed by atoms with Crippen LogP contribution in [-0.2, 0) is 9.53 Å². The average molecular weight is 472 g/mol. The molecule has 11 heteroatoms. The van der Waals surface area contributed by atoms with Gasteiger partial charge in [0.15, 0.2) is 4.80 Å². The smallest absolute Gasteiger partial charge is 0.338 e. The molecule has 4 rings (SSSR count). The number of nitrogens with zero attached hydrogens (tertiary/aromatic N) is 3. The van der Waals surface area contributed by atoms with E-state index in [9.17, 15) is 24.8 Å². The van der Waals surface area contributed by atoms with E-state index in [4.69, 9.17) is 4.74 Å². The number of rotatable bonds is 5. The number of hydrogen-bond acceptors (Lipinski definition) is 9. The van der Waals surface area contributed by atoms with Crippen LogP contribution < -0.4 is 14.9 Å². The van der Waals surface area contributed by atoms with Gasteiger partial charge in [-0.2, -0.15) is 0 Å². The lowest BCUT2D eigenvalue weighted by atomic mass is 10.0. The minimum absolute atomic E-state index is 0.137. The molecule has 3 heterocycles. The Morgan fingerprint density at radius 1 is 1.41 bits per heavy atom. The molecule has 1 aliphatic heterocycles. The molecule has 0 saturated heterocycles. The highest BCUT2D eigenvalue weighted by atomic mass is 32.1. The van der Waals surface area contributed by atoms with Crippen molar-refractivity contribution in [2.45, 2.75) is 19.9 Å². The van der Waals surface area contributed by atoms with Crippen LogP contribution in [0, 0.1) is 10.1 Å². The third-order valence-corrected chi connectivity index (χ3v) is 6.75. The molecule has 1 N–H and O–H groups in total. The SMILES string of the molecule is CCOC(=O)C1=C(C)N=c2s/c(=C\c3cc([N+](=O)[O-])ccc3O)c(=O)n2[C@@H]1c1cccs1. The van der Waals surface area contributed by atoms with E-state index in [1.807, 2.05) is 17.5 Å². The summed E-state index contributed by atoms with van der Waals surface area (Å²) in [6.07, 6.45) is 1.39. The molecular weight excluding hydrogens is 454 g/mol. The Bertz CT molecular complexity index is 1430. The monoisotopic (exact) mass is 471 g/mol. The van der Waals surface area contributed by atoms with E-state index in [0.717, 1.165) is 16.2 Å². The molecule has 0 aliphatic carbocycles. The minimum Gasteiger partial charge on any atom is -0.507 e. The molecule has 1 atom stereocenters. The second-order valence-corrected chi connectivity index (χ2v) is 8.81. The van der Waals surface area contributed by atoms with Crippen molar-refractivity contribution in [2.24, 2.45) is 4.99 Å². The van der Waals surface area contributed by atoms with Gasteiger partial charge in [0.05, 0.1) is 27.3 Å². The number of thiophene rings is 1. The fourth-order valence-corrected chi connectivity index (χ4v) is 5.28. The summed E-state index contributed by atoms with van der Waals surface area (Å²) >= 11 is 2.48. The predicted molar refractivity (Wildman–Crippen MR) is 119 cm³/mol. The number of aromatic nitrogens is 1. The predicted octanol–water partition coefficient (Wildman–Crippen LogP) is 2.47. The van der Waals surface area contributed by atoms with Gasteiger partial charge in [-0.25, -0.2) is 9.79 Å². The zero-order valence-corrected chi connectivity index (χ0v) is 18.6. The molecule has 1 aromatic carbocycles. The van der Waals surface area contributed by atoms with E-state index in [1.165, 1.54) is 40.2 Å². The number of thiazole rings is 1. The van der Waals surface area contributed by atoms with Crippen molar-refractivity contribution in [3.8, 4) is 5.75 Å². The number of benzene rings is 1. The molecule has 0 unspecified atom stereocenters. The van der Waals surface area contributed by atoms with Crippen molar-refractivity contribution >= 4 is 40.4 Å². The lowest BCUT2D eigenvalue weighted by Gasteiger charge is -2.23. The van der Waals surface area contributed by atoms with Crippen molar-refractivity contribution < 1.29 is 19.6 Å². The number of ether oxygens (including phenoxy) is 1. The Morgan fingerprint density at radius 2 is 2.19 bits per heavy atom. The summed E-state index contributed by atoms with van der Waals surface area (Å²) in [5, 5.41) is 23.1. The summed E-state index contributed by atoms with van der Waals surface area (Å²) < 4.78 is 6.87. The lowest BCUT2D eigenvalue weighted by Crippen LogP contribution is -2.39. The summed E-state index contributed by atoms with van der Waals surface area (Å²) in [4.78, 5) is 42.2. The zero-order valence-electron chi connectivity index (χ0n) is 17.0. The highest BCUT2D eigenvalue weighted by Gasteiger charge is 2.33. The van der Waals surface area contributed by atoms with Crippen LogP contribution >= 0.6 is 22.7 Å². The summed E-state index contributed by atoms with van der Waals surface area (Å²) in [6, 6.07) is 6.54. The van der Waals surface area contributed by atoms with Crippen molar-refractivity contribution in [3.05, 3.63) is 87.2 Å². The van der Waals surface area contributed by atoms with Gasteiger partial charge in [-0.3, -0.25) is 19.5 Å². The van der Waals surface area contributed by atoms with Crippen molar-refractivity contribution in [1.82, 2.24) is 4.57 Å². The number of hydrogen-bond donors (Lipinski definition) is 1. The van der Waals surface area contributed by atoms with Gasteiger partial charge in [0.25, 0.3) is 11.2 Å². The molecule has 0 amide bonds. The van der Waals surface area contributed by atoms with E-state index >= 15 is 0 Å². The first-order valence-electron chi connectivity index (χ1n) is 9.52. The van der Waals surface area contributed by atoms with Crippen LogP contribution in [0.15, 0.2) is 56.8 Å². The molecule has 0 saturated carbocycles. The summed E-state index contributed by atoms with van der Waals surface area (Å²) in [6.45, 7) is 3.58. The zero-order chi connectivity index (χ0) is 23.0. The van der Waals surface area contributed by atoms with Gasteiger partial charge >= 0.3 is 5.97 Å². The van der Waals surface area contributed by atoms with Crippen LogP contribution in [0.2, 0.25) is 0 Å². The van der Waals surface area contributed by atoms with E-state index in [0.29, 0.717) is 10.5 Å². The Hall–Kier alpha value is -3.57. The van der Waals surface area contributed by atoms with Gasteiger partial charge in [-0.1, -0.05) is 17.4 Å². The van der Waals surface area contributed by atoms with Gasteiger partial charge in [-0.05, 0) is 37.4 Å². The highest BCUT2D eigenvalue weighted by molar-refractivity contribution is 7.10. The molecule has 2 aromatic heterocycles. The van der Waals surface area contributed by atoms with Crippen LogP contribution in [0.4, 0.5) is 5.69 Å². The van der Waals surface area contributed by atoms with Gasteiger partial charge in [-0.15, -0.1) is 11.3 Å². The standard InChI is InChI=1S/C21H17N3O6S2/c1-3-30-20(27)17-11(2)22-21-23(18(17)15-5-4-8-31-15)19(26)16(32-21)10-12-9-13(24(28)29)6-7-14(12)25/h4-10,18,25H,3H2,1-2H3/b16-10-/t18-/m1/s1. The average Bonchev–Trinajstić information content (AvgIpc) is 3.37. The fraction of sp³-hybridized carbons (Fsp3) is 0.190. The minimum atomic E-state index is -0.703. The first-order chi connectivity index (χ1) is 15.3. The lowest BCUT2D eigenvalue weighted by molar-refractivity contribution is -0.384. The topological polar surface area (TPSA) is 124 Å². The van der Waals surface area contributed by atoms with E-state index in [2.05, 4.69) is 4.99 Å². The second-order valence-electron chi connectivity index (χ2n) is 6.82. The molecule has 0 fully saturated rings. The molecule has 1 aliphatic rings. The number of nitro groups is 1. The van der Waals surface area contributed by atoms with Crippen LogP contribution in [0.25, 0.3) is 6.08 Å². The van der Waals surface area contributed by atoms with Crippen LogP contribution in [0.3, 0.4) is 0 Å². The van der Waals surface area contributed by atoms with E-state index < -0.39 is 22.5 Å². The second kappa shape index (κ2) is 8.52. The maximum atomic E-state index is 13.4. The number of carbonyl (C=O) groups is 1. The van der Waals surface area contributed by atoms with Gasteiger partial charge < -0.3 is 9.84 Å². The number of nitro benzene ring substituents is 1. The Morgan fingerprint density at radius 3 is 2.84 bits per heavy atom. The van der Waals surface area contributed by atoms with Crippen LogP contribution in [0.1, 0.15) is 30.3 Å². The van der Waals surface area contributed by atoms with Crippen LogP contribution in [0.5, 0.6) is 5.75 Å². The number of esters is 1. The summed E-state index contributed by atoms with van der Waals surface area (Å²) in [5.41, 5.74) is 0.240. The largest absolute Gasteiger partial charge is 0.507 e. The third-order valence-electron chi connectivity index (χ3n) is 4.84. The number of phenolic OH excluding ortho intramolecular Hbond substituents is 1. The van der Waals surface area contributed by atoms with Gasteiger partial charge in [0.1, 0.15) is 11.8 Å². The first kappa shape index (κ1) is 21.7. The van der Waals surface area contributed by atoms with Crippen molar-refractivity contribution in [3.63, 3.8) is 0 Å². The number of allylic oxidation sites excluding steroid dienone is 1. The highest BCUT2D eigenvalue weighted by Crippen LogP contribution is 2.33. The molecule has 0 spiro atoms. The van der Waals surface area contributed by atoms with E-state index in [1.54, 1.807) is 13.8 Å². The maximum Gasteiger partial charge on any atom is 0.338 e. The Labute approximate surface area is 189 Å². The van der Waals surface area contributed by atoms with Crippen molar-refractivity contribution in [2.75, 3.05) is 6.61 Å². The third kappa shape index (κ3) is 3.76. The van der Waals surface area contributed by atoms with E-state index in [-0.39, 0.29) is 33.7 Å². The number of phenols is 1. The normalized spacial score (nSPS) is 15.9. The van der Waals surface area contributed by atoms with Gasteiger partial charge in [0.2, 0.25) is 0 Å². The summed E-state index contributed by atoms with van der Waals surface area (Å²) in [7, 11) is 0. The Kier molecular flexibility index (Phi) is 5.76. The summed E-state index contributed by atoms with van der Waals surface area (Å²) in [5.74, 6) is -0.739. The number of carbonyl (C=O) groups excluding carboxylic acids is 1.